The molecule has 1 unspecified atom stereocenters. The van der Waals surface area contributed by atoms with Crippen molar-refractivity contribution in [1.29, 1.82) is 0 Å². The van der Waals surface area contributed by atoms with Crippen LogP contribution in [0.5, 0.6) is 0 Å². The zero-order valence-corrected chi connectivity index (χ0v) is 20.6. The third-order valence-corrected chi connectivity index (χ3v) is 6.92. The summed E-state index contributed by atoms with van der Waals surface area (Å²) in [6.07, 6.45) is 3.40. The number of carbonyl (C=O) groups is 1. The van der Waals surface area contributed by atoms with Crippen LogP contribution in [-0.4, -0.2) is 45.7 Å². The van der Waals surface area contributed by atoms with Gasteiger partial charge in [-0.25, -0.2) is 4.68 Å². The van der Waals surface area contributed by atoms with Crippen molar-refractivity contribution in [1.82, 2.24) is 25.0 Å². The molecule has 0 bridgehead atoms. The van der Waals surface area contributed by atoms with Crippen LogP contribution < -0.4 is 10.6 Å². The fraction of sp³-hybridized carbons (Fsp3) is 0.370. The Morgan fingerprint density at radius 3 is 2.68 bits per heavy atom. The molecule has 3 heterocycles. The number of amides is 1. The first kappa shape index (κ1) is 22.3. The summed E-state index contributed by atoms with van der Waals surface area (Å²) in [5.41, 5.74) is 8.62. The Morgan fingerprint density at radius 1 is 1.15 bits per heavy atom. The number of nitrogens with one attached hydrogen (secondary N) is 2. The summed E-state index contributed by atoms with van der Waals surface area (Å²) in [6.45, 7) is 11.0. The third-order valence-electron chi connectivity index (χ3n) is 6.92. The van der Waals surface area contributed by atoms with Gasteiger partial charge in [-0.15, -0.1) is 5.10 Å². The highest BCUT2D eigenvalue weighted by atomic mass is 16.2. The van der Waals surface area contributed by atoms with E-state index in [2.05, 4.69) is 66.8 Å². The number of fused-ring (bicyclic) bond motifs is 1. The first-order valence-electron chi connectivity index (χ1n) is 12.0. The van der Waals surface area contributed by atoms with Crippen molar-refractivity contribution in [3.8, 4) is 11.4 Å². The van der Waals surface area contributed by atoms with Gasteiger partial charge in [-0.1, -0.05) is 24.3 Å². The molecule has 2 aromatic carbocycles. The monoisotopic (exact) mass is 456 g/mol. The zero-order valence-electron chi connectivity index (χ0n) is 20.6. The second-order valence-electron chi connectivity index (χ2n) is 9.42. The summed E-state index contributed by atoms with van der Waals surface area (Å²) >= 11 is 0. The first-order valence-corrected chi connectivity index (χ1v) is 12.0. The van der Waals surface area contributed by atoms with Gasteiger partial charge in [0.2, 0.25) is 5.95 Å². The van der Waals surface area contributed by atoms with Crippen molar-refractivity contribution < 1.29 is 4.79 Å². The van der Waals surface area contributed by atoms with Crippen LogP contribution in [0.4, 0.5) is 11.6 Å². The molecule has 1 atom stereocenters. The van der Waals surface area contributed by atoms with Crippen LogP contribution in [0.3, 0.4) is 0 Å². The molecule has 0 saturated heterocycles. The number of carbonyl (C=O) groups excluding carboxylic acids is 1. The summed E-state index contributed by atoms with van der Waals surface area (Å²) in [5.74, 6) is 1.41. The Bertz CT molecular complexity index is 1300. The number of aromatic nitrogens is 3. The van der Waals surface area contributed by atoms with E-state index in [4.69, 9.17) is 10.1 Å². The normalized spacial score (nSPS) is 18.0. The minimum atomic E-state index is -0.00825. The smallest absolute Gasteiger partial charge is 0.252 e. The number of likely N-dealkylation sites (N-methyl/N-ethyl adjacent to an activating group) is 1. The Balaban J connectivity index is 1.45. The van der Waals surface area contributed by atoms with Crippen molar-refractivity contribution in [2.24, 2.45) is 0 Å². The predicted molar refractivity (Wildman–Crippen MR) is 136 cm³/mol. The molecule has 5 rings (SSSR count). The van der Waals surface area contributed by atoms with Crippen LogP contribution in [-0.2, 0) is 6.54 Å². The maximum Gasteiger partial charge on any atom is 0.252 e. The lowest BCUT2D eigenvalue weighted by Gasteiger charge is -2.22. The molecule has 1 amide bonds. The summed E-state index contributed by atoms with van der Waals surface area (Å²) in [7, 11) is 2.16. The quantitative estimate of drug-likeness (QED) is 0.574. The van der Waals surface area contributed by atoms with Gasteiger partial charge in [0.05, 0.1) is 6.04 Å². The highest BCUT2D eigenvalue weighted by Crippen LogP contribution is 2.33. The Hall–Kier alpha value is -3.45. The summed E-state index contributed by atoms with van der Waals surface area (Å²) in [6, 6.07) is 10.6. The molecule has 7 nitrogen and oxygen atoms in total. The van der Waals surface area contributed by atoms with Crippen LogP contribution in [0.2, 0.25) is 0 Å². The lowest BCUT2D eigenvalue weighted by Crippen LogP contribution is -2.23. The molecule has 0 saturated carbocycles. The van der Waals surface area contributed by atoms with Crippen molar-refractivity contribution in [2.75, 3.05) is 25.5 Å². The molecule has 0 fully saturated rings. The van der Waals surface area contributed by atoms with E-state index in [1.165, 1.54) is 16.7 Å². The number of hydrogen-bond acceptors (Lipinski definition) is 5. The molecule has 1 aromatic heterocycles. The van der Waals surface area contributed by atoms with Gasteiger partial charge in [0.15, 0.2) is 5.82 Å². The van der Waals surface area contributed by atoms with Crippen molar-refractivity contribution >= 4 is 23.1 Å². The van der Waals surface area contributed by atoms with Crippen LogP contribution in [0.1, 0.15) is 58.9 Å². The lowest BCUT2D eigenvalue weighted by molar-refractivity contribution is 0.0958. The fourth-order valence-electron chi connectivity index (χ4n) is 4.80. The van der Waals surface area contributed by atoms with Gasteiger partial charge in [-0.05, 0) is 81.1 Å². The molecule has 0 aliphatic carbocycles. The second kappa shape index (κ2) is 8.72. The highest BCUT2D eigenvalue weighted by molar-refractivity contribution is 6.00. The van der Waals surface area contributed by atoms with Gasteiger partial charge in [0, 0.05) is 36.4 Å². The number of hydrogen-bond donors (Lipinski definition) is 2. The van der Waals surface area contributed by atoms with Crippen LogP contribution >= 0.6 is 0 Å². The Labute approximate surface area is 200 Å². The largest absolute Gasteiger partial charge is 0.345 e. The first-order chi connectivity index (χ1) is 16.3. The molecule has 3 aromatic rings. The van der Waals surface area contributed by atoms with Crippen LogP contribution in [0, 0.1) is 13.8 Å². The number of aryl methyl sites for hydroxylation is 3. The van der Waals surface area contributed by atoms with Gasteiger partial charge < -0.3 is 15.5 Å². The SMILES string of the molecule is CCn1nc(-c2ccc(C3=CCN(C)CC3)cc2C)nc1Nc1cc2c(cc1C)C(=O)NC2C. The predicted octanol–water partition coefficient (Wildman–Crippen LogP) is 4.85. The molecular formula is C27H32N6O. The molecule has 34 heavy (non-hydrogen) atoms. The van der Waals surface area contributed by atoms with Gasteiger partial charge in [-0.3, -0.25) is 4.79 Å². The van der Waals surface area contributed by atoms with Crippen molar-refractivity contribution in [3.05, 3.63) is 64.2 Å². The summed E-state index contributed by atoms with van der Waals surface area (Å²) < 4.78 is 1.89. The average molecular weight is 457 g/mol. The molecule has 0 radical (unpaired) electrons. The topological polar surface area (TPSA) is 75.1 Å². The standard InChI is InChI=1S/C27H32N6O/c1-6-33-27(29-24-15-22-18(4)28-26(34)23(22)14-17(24)3)30-25(31-33)21-8-7-20(13-16(21)2)19-9-11-32(5)12-10-19/h7-9,13-15,18H,6,10-12H2,1-5H3,(H,28,34)(H,29,30,31). The minimum absolute atomic E-state index is 0.00379. The van der Waals surface area contributed by atoms with Gasteiger partial charge in [0.25, 0.3) is 5.91 Å². The zero-order chi connectivity index (χ0) is 24.0. The van der Waals surface area contributed by atoms with Crippen LogP contribution in [0.15, 0.2) is 36.4 Å². The summed E-state index contributed by atoms with van der Waals surface area (Å²) in [5, 5.41) is 11.2. The number of benzene rings is 2. The van der Waals surface area contributed by atoms with Crippen molar-refractivity contribution in [2.45, 2.75) is 46.7 Å². The van der Waals surface area contributed by atoms with E-state index >= 15 is 0 Å². The van der Waals surface area contributed by atoms with E-state index in [-0.39, 0.29) is 11.9 Å². The molecule has 176 valence electrons. The summed E-state index contributed by atoms with van der Waals surface area (Å²) in [4.78, 5) is 19.4. The molecule has 2 N–H and O–H groups in total. The Morgan fingerprint density at radius 2 is 1.97 bits per heavy atom. The molecular weight excluding hydrogens is 424 g/mol. The average Bonchev–Trinajstić information content (AvgIpc) is 3.34. The Kier molecular flexibility index (Phi) is 5.73. The van der Waals surface area contributed by atoms with E-state index < -0.39 is 0 Å². The third kappa shape index (κ3) is 4.01. The van der Waals surface area contributed by atoms with E-state index in [0.29, 0.717) is 12.5 Å². The minimum Gasteiger partial charge on any atom is -0.345 e. The maximum atomic E-state index is 12.2. The van der Waals surface area contributed by atoms with E-state index in [1.807, 2.05) is 24.6 Å². The highest BCUT2D eigenvalue weighted by Gasteiger charge is 2.26. The van der Waals surface area contributed by atoms with Gasteiger partial charge in [0.1, 0.15) is 0 Å². The maximum absolute atomic E-state index is 12.2. The molecule has 0 spiro atoms. The number of anilines is 2. The van der Waals surface area contributed by atoms with Gasteiger partial charge >= 0.3 is 0 Å². The fourth-order valence-corrected chi connectivity index (χ4v) is 4.80. The van der Waals surface area contributed by atoms with E-state index in [1.54, 1.807) is 0 Å². The van der Waals surface area contributed by atoms with Crippen LogP contribution in [0.25, 0.3) is 17.0 Å². The molecule has 2 aliphatic heterocycles. The van der Waals surface area contributed by atoms with E-state index in [9.17, 15) is 4.79 Å². The van der Waals surface area contributed by atoms with E-state index in [0.717, 1.165) is 53.3 Å². The number of rotatable bonds is 5. The lowest BCUT2D eigenvalue weighted by atomic mass is 9.96. The molecule has 2 aliphatic rings. The van der Waals surface area contributed by atoms with Crippen molar-refractivity contribution in [3.63, 3.8) is 0 Å². The molecule has 7 heteroatoms. The number of nitrogens with zero attached hydrogens (tertiary/aromatic N) is 4. The van der Waals surface area contributed by atoms with Gasteiger partial charge in [-0.2, -0.15) is 4.98 Å². The second-order valence-corrected chi connectivity index (χ2v) is 9.42.